The summed E-state index contributed by atoms with van der Waals surface area (Å²) in [4.78, 5) is 24.4. The molecule has 132 valence electrons. The summed E-state index contributed by atoms with van der Waals surface area (Å²) in [6, 6.07) is 12.5. The lowest BCUT2D eigenvalue weighted by Gasteiger charge is -2.10. The largest absolute Gasteiger partial charge is 0.482 e. The summed E-state index contributed by atoms with van der Waals surface area (Å²) in [5.74, 6) is -0.293. The smallest absolute Gasteiger partial charge is 0.276 e. The molecule has 0 aliphatic rings. The normalized spacial score (nSPS) is 10.2. The molecule has 25 heavy (non-hydrogen) atoms. The first-order valence-electron chi connectivity index (χ1n) is 7.29. The molecule has 2 N–H and O–H groups in total. The minimum absolute atomic E-state index is 0.188. The Kier molecular flexibility index (Phi) is 7.43. The third-order valence-corrected chi connectivity index (χ3v) is 4.53. The molecule has 8 heteroatoms. The van der Waals surface area contributed by atoms with Crippen molar-refractivity contribution in [3.8, 4) is 5.75 Å². The minimum Gasteiger partial charge on any atom is -0.482 e. The highest BCUT2D eigenvalue weighted by Gasteiger charge is 2.08. The third kappa shape index (κ3) is 6.86. The second-order valence-electron chi connectivity index (χ2n) is 5.06. The van der Waals surface area contributed by atoms with E-state index in [-0.39, 0.29) is 18.3 Å². The van der Waals surface area contributed by atoms with E-state index in [2.05, 4.69) is 10.9 Å². The summed E-state index contributed by atoms with van der Waals surface area (Å²) in [5.41, 5.74) is 5.77. The number of hydrazine groups is 1. The summed E-state index contributed by atoms with van der Waals surface area (Å²) < 4.78 is 5.27. The van der Waals surface area contributed by atoms with E-state index >= 15 is 0 Å². The molecular formula is C17H16Cl2N2O3S. The van der Waals surface area contributed by atoms with Crippen molar-refractivity contribution in [2.75, 3.05) is 12.4 Å². The van der Waals surface area contributed by atoms with Gasteiger partial charge in [0.1, 0.15) is 5.75 Å². The highest BCUT2D eigenvalue weighted by atomic mass is 35.5. The van der Waals surface area contributed by atoms with Gasteiger partial charge in [0.2, 0.25) is 5.91 Å². The van der Waals surface area contributed by atoms with Gasteiger partial charge >= 0.3 is 0 Å². The summed E-state index contributed by atoms with van der Waals surface area (Å²) >= 11 is 13.1. The molecule has 0 aliphatic heterocycles. The standard InChI is InChI=1S/C17H16Cl2N2O3S/c1-11-2-5-13(6-3-11)25-10-17(23)21-20-16(22)9-24-15-7-4-12(18)8-14(15)19/h2-8H,9-10H2,1H3,(H,20,22)(H,21,23). The van der Waals surface area contributed by atoms with E-state index in [1.807, 2.05) is 31.2 Å². The molecule has 0 aromatic heterocycles. The number of hydrogen-bond donors (Lipinski definition) is 2. The number of carbonyl (C=O) groups is 2. The Morgan fingerprint density at radius 1 is 1.04 bits per heavy atom. The van der Waals surface area contributed by atoms with Crippen LogP contribution in [0.1, 0.15) is 5.56 Å². The van der Waals surface area contributed by atoms with Gasteiger partial charge in [-0.15, -0.1) is 11.8 Å². The number of benzene rings is 2. The summed E-state index contributed by atoms with van der Waals surface area (Å²) in [6.07, 6.45) is 0. The highest BCUT2D eigenvalue weighted by Crippen LogP contribution is 2.27. The van der Waals surface area contributed by atoms with E-state index in [0.29, 0.717) is 15.8 Å². The zero-order valence-corrected chi connectivity index (χ0v) is 15.7. The molecule has 2 rings (SSSR count). The maximum atomic E-state index is 11.7. The zero-order valence-electron chi connectivity index (χ0n) is 13.3. The van der Waals surface area contributed by atoms with Gasteiger partial charge in [0.05, 0.1) is 10.8 Å². The maximum absolute atomic E-state index is 11.7. The Morgan fingerprint density at radius 3 is 2.40 bits per heavy atom. The summed E-state index contributed by atoms with van der Waals surface area (Å²) in [5, 5.41) is 0.777. The van der Waals surface area contributed by atoms with E-state index in [1.54, 1.807) is 12.1 Å². The molecule has 2 aromatic rings. The first-order chi connectivity index (χ1) is 11.9. The lowest BCUT2D eigenvalue weighted by Crippen LogP contribution is -2.44. The molecule has 5 nitrogen and oxygen atoms in total. The average Bonchev–Trinajstić information content (AvgIpc) is 2.58. The Morgan fingerprint density at radius 2 is 1.72 bits per heavy atom. The molecule has 0 fully saturated rings. The van der Waals surface area contributed by atoms with E-state index in [0.717, 1.165) is 10.5 Å². The van der Waals surface area contributed by atoms with Gasteiger partial charge in [0.15, 0.2) is 6.61 Å². The molecule has 0 heterocycles. The van der Waals surface area contributed by atoms with E-state index in [4.69, 9.17) is 27.9 Å². The Hall–Kier alpha value is -1.89. The Labute approximate surface area is 160 Å². The molecule has 2 aromatic carbocycles. The number of rotatable bonds is 6. The van der Waals surface area contributed by atoms with Gasteiger partial charge in [0, 0.05) is 9.92 Å². The van der Waals surface area contributed by atoms with Gasteiger partial charge in [-0.3, -0.25) is 20.4 Å². The quantitative estimate of drug-likeness (QED) is 0.575. The van der Waals surface area contributed by atoms with Crippen molar-refractivity contribution in [2.24, 2.45) is 0 Å². The minimum atomic E-state index is -0.500. The number of aryl methyl sites for hydroxylation is 1. The van der Waals surface area contributed by atoms with Crippen molar-refractivity contribution < 1.29 is 14.3 Å². The van der Waals surface area contributed by atoms with Crippen LogP contribution >= 0.6 is 35.0 Å². The monoisotopic (exact) mass is 398 g/mol. The van der Waals surface area contributed by atoms with Crippen molar-refractivity contribution in [2.45, 2.75) is 11.8 Å². The predicted molar refractivity (Wildman–Crippen MR) is 100 cm³/mol. The van der Waals surface area contributed by atoms with Crippen LogP contribution in [-0.4, -0.2) is 24.2 Å². The number of hydrogen-bond acceptors (Lipinski definition) is 4. The first kappa shape index (κ1) is 19.4. The van der Waals surface area contributed by atoms with Crippen molar-refractivity contribution >= 4 is 46.8 Å². The van der Waals surface area contributed by atoms with Crippen molar-refractivity contribution in [3.63, 3.8) is 0 Å². The maximum Gasteiger partial charge on any atom is 0.276 e. The molecule has 2 amide bonds. The van der Waals surface area contributed by atoms with Crippen LogP contribution in [0.15, 0.2) is 47.4 Å². The van der Waals surface area contributed by atoms with Crippen LogP contribution in [-0.2, 0) is 9.59 Å². The average molecular weight is 399 g/mol. The molecule has 0 saturated heterocycles. The van der Waals surface area contributed by atoms with Gasteiger partial charge < -0.3 is 4.74 Å². The molecule has 0 atom stereocenters. The molecule has 0 aliphatic carbocycles. The Bertz CT molecular complexity index is 754. The van der Waals surface area contributed by atoms with Gasteiger partial charge in [-0.2, -0.15) is 0 Å². The first-order valence-corrected chi connectivity index (χ1v) is 9.03. The van der Waals surface area contributed by atoms with Crippen LogP contribution < -0.4 is 15.6 Å². The van der Waals surface area contributed by atoms with Crippen LogP contribution in [0.3, 0.4) is 0 Å². The molecule has 0 radical (unpaired) electrons. The van der Waals surface area contributed by atoms with Gasteiger partial charge in [0.25, 0.3) is 5.91 Å². The SMILES string of the molecule is Cc1ccc(SCC(=O)NNC(=O)COc2ccc(Cl)cc2Cl)cc1. The van der Waals surface area contributed by atoms with E-state index in [1.165, 1.54) is 17.8 Å². The van der Waals surface area contributed by atoms with Crippen molar-refractivity contribution in [3.05, 3.63) is 58.1 Å². The molecule has 0 spiro atoms. The fourth-order valence-electron chi connectivity index (χ4n) is 1.73. The number of thioether (sulfide) groups is 1. The van der Waals surface area contributed by atoms with Crippen LogP contribution in [0.2, 0.25) is 10.0 Å². The topological polar surface area (TPSA) is 67.4 Å². The molecular weight excluding hydrogens is 383 g/mol. The predicted octanol–water partition coefficient (Wildman–Crippen LogP) is 3.62. The van der Waals surface area contributed by atoms with Crippen molar-refractivity contribution in [1.82, 2.24) is 10.9 Å². The third-order valence-electron chi connectivity index (χ3n) is 2.98. The zero-order chi connectivity index (χ0) is 18.2. The summed E-state index contributed by atoms with van der Waals surface area (Å²) in [6.45, 7) is 1.71. The van der Waals surface area contributed by atoms with Crippen LogP contribution in [0.4, 0.5) is 0 Å². The Balaban J connectivity index is 1.68. The fraction of sp³-hybridized carbons (Fsp3) is 0.176. The number of amides is 2. The van der Waals surface area contributed by atoms with Crippen LogP contribution in [0, 0.1) is 6.92 Å². The van der Waals surface area contributed by atoms with Gasteiger partial charge in [-0.05, 0) is 37.3 Å². The van der Waals surface area contributed by atoms with Gasteiger partial charge in [-0.25, -0.2) is 0 Å². The fourth-order valence-corrected chi connectivity index (χ4v) is 2.89. The van der Waals surface area contributed by atoms with E-state index in [9.17, 15) is 9.59 Å². The number of nitrogens with one attached hydrogen (secondary N) is 2. The summed E-state index contributed by atoms with van der Waals surface area (Å²) in [7, 11) is 0. The van der Waals surface area contributed by atoms with Crippen molar-refractivity contribution in [1.29, 1.82) is 0 Å². The lowest BCUT2D eigenvalue weighted by atomic mass is 10.2. The van der Waals surface area contributed by atoms with Crippen LogP contribution in [0.25, 0.3) is 0 Å². The second kappa shape index (κ2) is 9.56. The number of ether oxygens (including phenoxy) is 1. The lowest BCUT2D eigenvalue weighted by molar-refractivity contribution is -0.128. The molecule has 0 saturated carbocycles. The molecule has 0 bridgehead atoms. The molecule has 0 unspecified atom stereocenters. The second-order valence-corrected chi connectivity index (χ2v) is 6.95. The van der Waals surface area contributed by atoms with E-state index < -0.39 is 5.91 Å². The number of halogens is 2. The number of carbonyl (C=O) groups excluding carboxylic acids is 2. The van der Waals surface area contributed by atoms with Gasteiger partial charge in [-0.1, -0.05) is 40.9 Å². The highest BCUT2D eigenvalue weighted by molar-refractivity contribution is 8.00. The van der Waals surface area contributed by atoms with Crippen LogP contribution in [0.5, 0.6) is 5.75 Å².